The van der Waals surface area contributed by atoms with Gasteiger partial charge < -0.3 is 10.6 Å². The third-order valence-corrected chi connectivity index (χ3v) is 6.33. The molecule has 4 bridgehead atoms. The maximum Gasteiger partial charge on any atom is 0.223 e. The summed E-state index contributed by atoms with van der Waals surface area (Å²) in [5, 5.41) is 0. The van der Waals surface area contributed by atoms with E-state index in [0.29, 0.717) is 17.9 Å². The predicted molar refractivity (Wildman–Crippen MR) is 78.6 cm³/mol. The molecule has 1 amide bonds. The highest BCUT2D eigenvalue weighted by Crippen LogP contribution is 2.61. The minimum Gasteiger partial charge on any atom is -0.369 e. The van der Waals surface area contributed by atoms with Gasteiger partial charge in [0.2, 0.25) is 5.91 Å². The van der Waals surface area contributed by atoms with Gasteiger partial charge in [-0.15, -0.1) is 0 Å². The van der Waals surface area contributed by atoms with Gasteiger partial charge in [-0.1, -0.05) is 12.2 Å². The Labute approximate surface area is 120 Å². The van der Waals surface area contributed by atoms with E-state index in [-0.39, 0.29) is 11.3 Å². The fourth-order valence-corrected chi connectivity index (χ4v) is 5.79. The molecule has 2 atom stereocenters. The van der Waals surface area contributed by atoms with E-state index in [1.807, 2.05) is 0 Å². The molecule has 3 nitrogen and oxygen atoms in total. The fourth-order valence-electron chi connectivity index (χ4n) is 5.79. The van der Waals surface area contributed by atoms with Crippen molar-refractivity contribution in [2.24, 2.45) is 28.9 Å². The first-order chi connectivity index (χ1) is 9.59. The van der Waals surface area contributed by atoms with Crippen LogP contribution >= 0.6 is 0 Å². The molecule has 0 aromatic rings. The topological polar surface area (TPSA) is 46.3 Å². The van der Waals surface area contributed by atoms with Crippen molar-refractivity contribution in [3.8, 4) is 0 Å². The lowest BCUT2D eigenvalue weighted by Gasteiger charge is -2.61. The molecule has 5 rings (SSSR count). The van der Waals surface area contributed by atoms with E-state index in [4.69, 9.17) is 5.73 Å². The second-order valence-electron chi connectivity index (χ2n) is 7.49. The first-order valence-electron chi connectivity index (χ1n) is 7.99. The van der Waals surface area contributed by atoms with Crippen LogP contribution in [0.4, 0.5) is 0 Å². The van der Waals surface area contributed by atoms with Crippen molar-refractivity contribution >= 4 is 5.91 Å². The largest absolute Gasteiger partial charge is 0.369 e. The summed E-state index contributed by atoms with van der Waals surface area (Å²) in [7, 11) is 0. The minimum absolute atomic E-state index is 0.0267. The molecule has 1 heterocycles. The molecule has 0 aromatic carbocycles. The summed E-state index contributed by atoms with van der Waals surface area (Å²) < 4.78 is 0. The number of hydrogen-bond donors (Lipinski definition) is 1. The third-order valence-electron chi connectivity index (χ3n) is 6.33. The number of rotatable bonds is 2. The standard InChI is InChI=1S/C17H24N2O/c1-11-4-2-3-5-19(11)15-13-6-12-7-14(15)10-17(8-12,9-13)16(18)20/h2-4,12-15H,5-10H2,1H3,(H2,18,20). The van der Waals surface area contributed by atoms with Crippen LogP contribution in [0.1, 0.15) is 39.0 Å². The molecule has 2 unspecified atom stereocenters. The zero-order valence-electron chi connectivity index (χ0n) is 12.2. The van der Waals surface area contributed by atoms with Crippen molar-refractivity contribution in [1.82, 2.24) is 4.90 Å². The van der Waals surface area contributed by atoms with Crippen molar-refractivity contribution in [2.75, 3.05) is 6.54 Å². The van der Waals surface area contributed by atoms with Crippen LogP contribution in [0.2, 0.25) is 0 Å². The maximum absolute atomic E-state index is 12.0. The van der Waals surface area contributed by atoms with Gasteiger partial charge in [0.15, 0.2) is 0 Å². The molecule has 5 aliphatic rings. The number of primary amides is 1. The summed E-state index contributed by atoms with van der Waals surface area (Å²) in [5.41, 5.74) is 7.00. The summed E-state index contributed by atoms with van der Waals surface area (Å²) >= 11 is 0. The Bertz CT molecular complexity index is 491. The molecule has 2 N–H and O–H groups in total. The molecular formula is C17H24N2O. The van der Waals surface area contributed by atoms with E-state index >= 15 is 0 Å². The first-order valence-corrected chi connectivity index (χ1v) is 7.99. The molecule has 0 spiro atoms. The van der Waals surface area contributed by atoms with Crippen LogP contribution < -0.4 is 5.73 Å². The number of nitrogens with zero attached hydrogens (tertiary/aromatic N) is 1. The highest BCUT2D eigenvalue weighted by Gasteiger charge is 2.58. The number of nitrogens with two attached hydrogens (primary N) is 1. The summed E-state index contributed by atoms with van der Waals surface area (Å²) in [6, 6.07) is 0.639. The van der Waals surface area contributed by atoms with Crippen LogP contribution in [0, 0.1) is 23.2 Å². The second-order valence-corrected chi connectivity index (χ2v) is 7.49. The highest BCUT2D eigenvalue weighted by molar-refractivity contribution is 5.81. The molecular weight excluding hydrogens is 248 g/mol. The van der Waals surface area contributed by atoms with E-state index in [1.54, 1.807) is 0 Å². The van der Waals surface area contributed by atoms with E-state index in [9.17, 15) is 4.79 Å². The smallest absolute Gasteiger partial charge is 0.223 e. The Morgan fingerprint density at radius 1 is 1.30 bits per heavy atom. The van der Waals surface area contributed by atoms with Crippen molar-refractivity contribution < 1.29 is 4.79 Å². The van der Waals surface area contributed by atoms with Gasteiger partial charge in [0, 0.05) is 23.7 Å². The number of carbonyl (C=O) groups is 1. The molecule has 0 saturated heterocycles. The van der Waals surface area contributed by atoms with Crippen LogP contribution in [0.15, 0.2) is 23.9 Å². The van der Waals surface area contributed by atoms with Crippen LogP contribution in [0.5, 0.6) is 0 Å². The lowest BCUT2D eigenvalue weighted by atomic mass is 9.47. The van der Waals surface area contributed by atoms with E-state index in [0.717, 1.165) is 31.7 Å². The molecule has 4 fully saturated rings. The quantitative estimate of drug-likeness (QED) is 0.839. The number of allylic oxidation sites excluding steroid dienone is 3. The third kappa shape index (κ3) is 1.61. The maximum atomic E-state index is 12.0. The molecule has 0 radical (unpaired) electrons. The van der Waals surface area contributed by atoms with Crippen LogP contribution in [0.25, 0.3) is 0 Å². The zero-order chi connectivity index (χ0) is 13.9. The highest BCUT2D eigenvalue weighted by atomic mass is 16.1. The van der Waals surface area contributed by atoms with Crippen molar-refractivity contribution in [2.45, 2.75) is 45.1 Å². The zero-order valence-corrected chi connectivity index (χ0v) is 12.2. The van der Waals surface area contributed by atoms with Crippen LogP contribution in [-0.2, 0) is 4.79 Å². The van der Waals surface area contributed by atoms with Gasteiger partial charge in [0.25, 0.3) is 0 Å². The molecule has 4 saturated carbocycles. The SMILES string of the molecule is CC1=CC=CCN1C1C2CC3CC1CC(C(N)=O)(C3)C2. The van der Waals surface area contributed by atoms with Gasteiger partial charge in [-0.2, -0.15) is 0 Å². The fraction of sp³-hybridized carbons (Fsp3) is 0.706. The van der Waals surface area contributed by atoms with Gasteiger partial charge >= 0.3 is 0 Å². The molecule has 20 heavy (non-hydrogen) atoms. The van der Waals surface area contributed by atoms with Crippen molar-refractivity contribution in [3.05, 3.63) is 23.9 Å². The summed E-state index contributed by atoms with van der Waals surface area (Å²) in [5.74, 6) is 2.06. The van der Waals surface area contributed by atoms with E-state index in [1.165, 1.54) is 18.5 Å². The monoisotopic (exact) mass is 272 g/mol. The van der Waals surface area contributed by atoms with Crippen LogP contribution in [0.3, 0.4) is 0 Å². The summed E-state index contributed by atoms with van der Waals surface area (Å²) in [6.07, 6.45) is 12.4. The Morgan fingerprint density at radius 3 is 2.60 bits per heavy atom. The van der Waals surface area contributed by atoms with Gasteiger partial charge in [-0.25, -0.2) is 0 Å². The summed E-state index contributed by atoms with van der Waals surface area (Å²) in [6.45, 7) is 3.26. The van der Waals surface area contributed by atoms with Crippen LogP contribution in [-0.4, -0.2) is 23.4 Å². The minimum atomic E-state index is -0.157. The Kier molecular flexibility index (Phi) is 2.57. The Morgan fingerprint density at radius 2 is 2.00 bits per heavy atom. The first kappa shape index (κ1) is 12.5. The molecule has 0 aromatic heterocycles. The lowest BCUT2D eigenvalue weighted by Crippen LogP contribution is -2.61. The molecule has 4 aliphatic carbocycles. The number of hydrogen-bond acceptors (Lipinski definition) is 2. The van der Waals surface area contributed by atoms with Gasteiger partial charge in [-0.05, 0) is 62.9 Å². The Balaban J connectivity index is 1.65. The molecule has 3 heteroatoms. The van der Waals surface area contributed by atoms with Crippen molar-refractivity contribution in [3.63, 3.8) is 0 Å². The van der Waals surface area contributed by atoms with Gasteiger partial charge in [0.1, 0.15) is 0 Å². The predicted octanol–water partition coefficient (Wildman–Crippen LogP) is 2.44. The summed E-state index contributed by atoms with van der Waals surface area (Å²) in [4.78, 5) is 14.6. The second kappa shape index (κ2) is 4.12. The average molecular weight is 272 g/mol. The van der Waals surface area contributed by atoms with Gasteiger partial charge in [0.05, 0.1) is 0 Å². The number of amides is 1. The van der Waals surface area contributed by atoms with Crippen molar-refractivity contribution in [1.29, 1.82) is 0 Å². The molecule has 108 valence electrons. The lowest BCUT2D eigenvalue weighted by molar-refractivity contribution is -0.150. The van der Waals surface area contributed by atoms with Gasteiger partial charge in [-0.3, -0.25) is 4.79 Å². The molecule has 1 aliphatic heterocycles. The number of carbonyl (C=O) groups excluding carboxylic acids is 1. The average Bonchev–Trinajstić information content (AvgIpc) is 2.39. The Hall–Kier alpha value is -1.25. The normalized spacial score (nSPS) is 45.6. The van der Waals surface area contributed by atoms with E-state index in [2.05, 4.69) is 30.1 Å². The van der Waals surface area contributed by atoms with E-state index < -0.39 is 0 Å².